The largest absolute Gasteiger partial charge is 0.508 e. The van der Waals surface area contributed by atoms with Gasteiger partial charge in [-0.2, -0.15) is 0 Å². The zero-order valence-electron chi connectivity index (χ0n) is 20.7. The number of carbonyl (C=O) groups is 5. The lowest BCUT2D eigenvalue weighted by Gasteiger charge is -2.53. The molecule has 2 amide bonds. The van der Waals surface area contributed by atoms with E-state index < -0.39 is 82.8 Å². The van der Waals surface area contributed by atoms with Gasteiger partial charge in [0.1, 0.15) is 11.7 Å². The Morgan fingerprint density at radius 3 is 2.39 bits per heavy atom. The van der Waals surface area contributed by atoms with Gasteiger partial charge in [-0.05, 0) is 44.5 Å². The van der Waals surface area contributed by atoms with Crippen LogP contribution in [0, 0.1) is 17.8 Å². The second kappa shape index (κ2) is 9.49. The Morgan fingerprint density at radius 2 is 1.82 bits per heavy atom. The van der Waals surface area contributed by atoms with E-state index in [0.29, 0.717) is 5.56 Å². The number of phenolic OH excluding ortho intramolecular Hbond substituents is 1. The lowest BCUT2D eigenvalue weighted by Crippen LogP contribution is -2.71. The number of aliphatic carboxylic acids is 1. The molecule has 0 radical (unpaired) electrons. The number of hydrogen-bond donors (Lipinski definition) is 7. The van der Waals surface area contributed by atoms with Gasteiger partial charge in [-0.15, -0.1) is 0 Å². The summed E-state index contributed by atoms with van der Waals surface area (Å²) >= 11 is 0. The van der Waals surface area contributed by atoms with Crippen LogP contribution in [0.15, 0.2) is 23.5 Å². The number of fused-ring (bicyclic) bond motifs is 3. The number of nitrogens with two attached hydrogens (primary N) is 1. The summed E-state index contributed by atoms with van der Waals surface area (Å²) in [5, 5.41) is 55.7. The van der Waals surface area contributed by atoms with E-state index in [4.69, 9.17) is 10.8 Å². The number of ketones is 2. The third kappa shape index (κ3) is 4.03. The zero-order valence-corrected chi connectivity index (χ0v) is 20.7. The molecule has 204 valence electrons. The van der Waals surface area contributed by atoms with Gasteiger partial charge in [-0.3, -0.25) is 24.0 Å². The quantitative estimate of drug-likeness (QED) is 0.175. The van der Waals surface area contributed by atoms with Gasteiger partial charge in [0.2, 0.25) is 11.8 Å². The Kier molecular flexibility index (Phi) is 6.80. The number of likely N-dealkylation sites (N-methyl/N-ethyl adjacent to an activating group) is 1. The predicted octanol–water partition coefficient (Wildman–Crippen LogP) is -0.911. The van der Waals surface area contributed by atoms with Crippen molar-refractivity contribution in [3.05, 3.63) is 34.6 Å². The van der Waals surface area contributed by atoms with Gasteiger partial charge < -0.3 is 41.5 Å². The molecule has 0 bridgehead atoms. The first kappa shape index (κ1) is 27.2. The van der Waals surface area contributed by atoms with Gasteiger partial charge in [-0.1, -0.05) is 6.07 Å². The van der Waals surface area contributed by atoms with E-state index in [9.17, 15) is 44.4 Å². The Morgan fingerprint density at radius 1 is 1.16 bits per heavy atom. The molecule has 2 unspecified atom stereocenters. The van der Waals surface area contributed by atoms with Gasteiger partial charge >= 0.3 is 5.97 Å². The molecule has 1 aromatic carbocycles. The molecule has 13 heteroatoms. The molecule has 3 aliphatic rings. The number of nitrogens with zero attached hydrogens (tertiary/aromatic N) is 1. The minimum absolute atomic E-state index is 0.00730. The lowest BCUT2D eigenvalue weighted by atomic mass is 9.56. The number of amides is 2. The van der Waals surface area contributed by atoms with Crippen molar-refractivity contribution in [3.63, 3.8) is 0 Å². The molecule has 8 N–H and O–H groups in total. The summed E-state index contributed by atoms with van der Waals surface area (Å²) in [5.74, 6) is -10.4. The van der Waals surface area contributed by atoms with Crippen molar-refractivity contribution in [1.82, 2.24) is 4.90 Å². The fourth-order valence-electron chi connectivity index (χ4n) is 6.11. The van der Waals surface area contributed by atoms with E-state index in [-0.39, 0.29) is 36.1 Å². The SMILES string of the molecule is CN(C)[C@@H]1C(O)C(C(N)=O)C(=O)[C@@]2(O)C(O)=C3C(=O)c4c(ccc(NC(=O)CCC(=O)O)c4O)C[C@H]3C[C@@H]12. The molecule has 0 saturated heterocycles. The standard InChI is InChI=1S/C25H29N3O10/c1-28(2)18-11-8-10-7-9-3-4-12(27-13(29)5-6-14(30)31)19(32)15(9)20(33)16(10)22(35)25(11,38)23(36)17(21(18)34)24(26)37/h3-4,10-11,17-18,21,32,34-35,38H,5-8H2,1-2H3,(H2,26,37)(H,27,29)(H,30,31)/t10-,11-,17?,18-,21?,25-/m0/s1. The van der Waals surface area contributed by atoms with Gasteiger partial charge in [0.25, 0.3) is 0 Å². The van der Waals surface area contributed by atoms with Crippen LogP contribution in [0.25, 0.3) is 0 Å². The maximum absolute atomic E-state index is 13.6. The van der Waals surface area contributed by atoms with Gasteiger partial charge in [0, 0.05) is 24.0 Å². The molecule has 3 aliphatic carbocycles. The van der Waals surface area contributed by atoms with Crippen molar-refractivity contribution in [1.29, 1.82) is 0 Å². The Bertz CT molecular complexity index is 1290. The molecule has 0 aliphatic heterocycles. The van der Waals surface area contributed by atoms with Gasteiger partial charge in [0.05, 0.1) is 23.8 Å². The van der Waals surface area contributed by atoms with Gasteiger partial charge in [0.15, 0.2) is 22.9 Å². The van der Waals surface area contributed by atoms with Gasteiger partial charge in [-0.25, -0.2) is 0 Å². The molecule has 0 heterocycles. The number of hydrogen-bond acceptors (Lipinski definition) is 10. The summed E-state index contributed by atoms with van der Waals surface area (Å²) in [6.07, 6.45) is -2.26. The molecule has 1 saturated carbocycles. The molecular formula is C25H29N3O10. The Balaban J connectivity index is 1.79. The molecule has 13 nitrogen and oxygen atoms in total. The first-order valence-corrected chi connectivity index (χ1v) is 12.0. The number of allylic oxidation sites excluding steroid dienone is 1. The molecule has 0 aromatic heterocycles. The number of primary amides is 1. The van der Waals surface area contributed by atoms with Crippen LogP contribution in [-0.2, 0) is 25.6 Å². The van der Waals surface area contributed by atoms with Crippen molar-refractivity contribution < 1.29 is 49.5 Å². The summed E-state index contributed by atoms with van der Waals surface area (Å²) in [5.41, 5.74) is 2.34. The molecule has 4 rings (SSSR count). The smallest absolute Gasteiger partial charge is 0.303 e. The van der Waals surface area contributed by atoms with E-state index in [1.165, 1.54) is 17.0 Å². The second-order valence-electron chi connectivity index (χ2n) is 10.2. The number of benzene rings is 1. The zero-order chi connectivity index (χ0) is 28.3. The van der Waals surface area contributed by atoms with E-state index >= 15 is 0 Å². The van der Waals surface area contributed by atoms with Crippen LogP contribution in [-0.4, -0.2) is 91.6 Å². The summed E-state index contributed by atoms with van der Waals surface area (Å²) in [6, 6.07) is 1.90. The maximum atomic E-state index is 13.6. The molecule has 38 heavy (non-hydrogen) atoms. The highest BCUT2D eigenvalue weighted by Crippen LogP contribution is 2.52. The number of rotatable bonds is 6. The molecule has 0 spiro atoms. The van der Waals surface area contributed by atoms with Crippen molar-refractivity contribution in [2.24, 2.45) is 23.5 Å². The van der Waals surface area contributed by atoms with Crippen LogP contribution in [0.4, 0.5) is 5.69 Å². The highest BCUT2D eigenvalue weighted by molar-refractivity contribution is 6.16. The van der Waals surface area contributed by atoms with Crippen molar-refractivity contribution >= 4 is 35.0 Å². The number of phenols is 1. The molecular weight excluding hydrogens is 502 g/mol. The topological polar surface area (TPSA) is 228 Å². The highest BCUT2D eigenvalue weighted by atomic mass is 16.4. The molecule has 6 atom stereocenters. The number of Topliss-reactive ketones (excluding diaryl/α,β-unsaturated/α-hetero) is 2. The van der Waals surface area contributed by atoms with Crippen molar-refractivity contribution in [2.45, 2.75) is 43.4 Å². The average molecular weight is 532 g/mol. The van der Waals surface area contributed by atoms with Crippen LogP contribution in [0.1, 0.15) is 35.2 Å². The highest BCUT2D eigenvalue weighted by Gasteiger charge is 2.66. The first-order valence-electron chi connectivity index (χ1n) is 12.0. The van der Waals surface area contributed by atoms with Crippen LogP contribution in [0.5, 0.6) is 5.75 Å². The number of aromatic hydroxyl groups is 1. The fourth-order valence-corrected chi connectivity index (χ4v) is 6.11. The minimum Gasteiger partial charge on any atom is -0.508 e. The fraction of sp³-hybridized carbons (Fsp3) is 0.480. The minimum atomic E-state index is -2.69. The van der Waals surface area contributed by atoms with Crippen LogP contribution in [0.2, 0.25) is 0 Å². The third-order valence-corrected chi connectivity index (χ3v) is 7.81. The van der Waals surface area contributed by atoms with E-state index in [2.05, 4.69) is 5.32 Å². The summed E-state index contributed by atoms with van der Waals surface area (Å²) in [4.78, 5) is 63.3. The number of anilines is 1. The lowest BCUT2D eigenvalue weighted by molar-refractivity contribution is -0.178. The number of carbonyl (C=O) groups excluding carboxylic acids is 4. The summed E-state index contributed by atoms with van der Waals surface area (Å²) in [6.45, 7) is 0. The van der Waals surface area contributed by atoms with E-state index in [1.807, 2.05) is 0 Å². The maximum Gasteiger partial charge on any atom is 0.303 e. The number of carboxylic acids is 1. The Labute approximate surface area is 216 Å². The second-order valence-corrected chi connectivity index (χ2v) is 10.2. The van der Waals surface area contributed by atoms with Crippen molar-refractivity contribution in [3.8, 4) is 5.75 Å². The first-order chi connectivity index (χ1) is 17.7. The third-order valence-electron chi connectivity index (χ3n) is 7.81. The molecule has 1 aromatic rings. The summed E-state index contributed by atoms with van der Waals surface area (Å²) in [7, 11) is 3.15. The monoisotopic (exact) mass is 531 g/mol. The Hall–Kier alpha value is -3.81. The van der Waals surface area contributed by atoms with Crippen molar-refractivity contribution in [2.75, 3.05) is 19.4 Å². The predicted molar refractivity (Wildman–Crippen MR) is 129 cm³/mol. The number of aliphatic hydroxyl groups excluding tert-OH is 2. The van der Waals surface area contributed by atoms with E-state index in [0.717, 1.165) is 0 Å². The van der Waals surface area contributed by atoms with Crippen LogP contribution < -0.4 is 11.1 Å². The van der Waals surface area contributed by atoms with Crippen LogP contribution in [0.3, 0.4) is 0 Å². The number of aliphatic hydroxyl groups is 3. The van der Waals surface area contributed by atoms with E-state index in [1.54, 1.807) is 14.1 Å². The average Bonchev–Trinajstić information content (AvgIpc) is 2.81. The summed E-state index contributed by atoms with van der Waals surface area (Å²) < 4.78 is 0. The molecule has 1 fully saturated rings. The number of nitrogens with one attached hydrogen (secondary N) is 1. The van der Waals surface area contributed by atoms with Crippen LogP contribution >= 0.6 is 0 Å². The number of carboxylic acid groups (broad SMARTS) is 1. The normalized spacial score (nSPS) is 30.4.